The third kappa shape index (κ3) is 6.29. The molecule has 0 aliphatic carbocycles. The van der Waals surface area contributed by atoms with Gasteiger partial charge in [0.25, 0.3) is 0 Å². The largest absolute Gasteiger partial charge is 0.264 e. The highest BCUT2D eigenvalue weighted by Crippen LogP contribution is 2.42. The molecule has 36 heavy (non-hydrogen) atoms. The first-order valence-electron chi connectivity index (χ1n) is 13.6. The molecule has 186 valence electrons. The summed E-state index contributed by atoms with van der Waals surface area (Å²) in [6.45, 7) is 8.95. The van der Waals surface area contributed by atoms with Crippen molar-refractivity contribution >= 4 is 0 Å². The second-order valence-corrected chi connectivity index (χ2v) is 10.1. The van der Waals surface area contributed by atoms with Crippen LogP contribution in [0.3, 0.4) is 0 Å². The Kier molecular flexibility index (Phi) is 9.06. The van der Waals surface area contributed by atoms with Crippen molar-refractivity contribution in [2.45, 2.75) is 78.1 Å². The third-order valence-corrected chi connectivity index (χ3v) is 7.73. The molecule has 2 aromatic carbocycles. The van der Waals surface area contributed by atoms with E-state index >= 15 is 0 Å². The maximum absolute atomic E-state index is 4.49. The van der Waals surface area contributed by atoms with Gasteiger partial charge >= 0.3 is 0 Å². The lowest BCUT2D eigenvalue weighted by molar-refractivity contribution is 0.471. The van der Waals surface area contributed by atoms with Crippen molar-refractivity contribution in [1.29, 1.82) is 0 Å². The van der Waals surface area contributed by atoms with Crippen molar-refractivity contribution in [1.82, 2.24) is 9.97 Å². The molecule has 0 aliphatic heterocycles. The van der Waals surface area contributed by atoms with Crippen LogP contribution in [0.15, 0.2) is 85.5 Å². The molecule has 4 aromatic rings. The number of aromatic nitrogens is 2. The van der Waals surface area contributed by atoms with Crippen LogP contribution >= 0.6 is 0 Å². The first-order valence-corrected chi connectivity index (χ1v) is 13.6. The molecule has 2 atom stereocenters. The van der Waals surface area contributed by atoms with Gasteiger partial charge in [0.15, 0.2) is 0 Å². The fraction of sp³-hybridized carbons (Fsp3) is 0.353. The zero-order chi connectivity index (χ0) is 25.3. The van der Waals surface area contributed by atoms with Crippen LogP contribution in [0.4, 0.5) is 0 Å². The maximum atomic E-state index is 4.49. The van der Waals surface area contributed by atoms with E-state index in [-0.39, 0.29) is 0 Å². The molecule has 2 nitrogen and oxygen atoms in total. The molecule has 0 spiro atoms. The zero-order valence-electron chi connectivity index (χ0n) is 22.4. The van der Waals surface area contributed by atoms with Crippen LogP contribution in [0.1, 0.15) is 83.0 Å². The minimum absolute atomic E-state index is 0.427. The number of benzene rings is 2. The van der Waals surface area contributed by atoms with Crippen LogP contribution in [0.2, 0.25) is 0 Å². The predicted molar refractivity (Wildman–Crippen MR) is 152 cm³/mol. The van der Waals surface area contributed by atoms with E-state index in [9.17, 15) is 0 Å². The molecule has 0 saturated heterocycles. The number of aryl methyl sites for hydroxylation is 6. The first-order chi connectivity index (χ1) is 17.6. The van der Waals surface area contributed by atoms with Gasteiger partial charge in [-0.3, -0.25) is 9.97 Å². The molecule has 0 saturated carbocycles. The van der Waals surface area contributed by atoms with E-state index < -0.39 is 0 Å². The lowest BCUT2D eigenvalue weighted by Gasteiger charge is -2.31. The Balaban J connectivity index is 1.75. The Morgan fingerprint density at radius 2 is 1.33 bits per heavy atom. The van der Waals surface area contributed by atoms with Crippen molar-refractivity contribution in [3.8, 4) is 0 Å². The number of hydrogen-bond donors (Lipinski definition) is 0. The lowest BCUT2D eigenvalue weighted by atomic mass is 9.73. The molecule has 0 radical (unpaired) electrons. The van der Waals surface area contributed by atoms with Crippen molar-refractivity contribution in [2.75, 3.05) is 0 Å². The summed E-state index contributed by atoms with van der Waals surface area (Å²) in [6.07, 6.45) is 14.5. The molecule has 2 unspecified atom stereocenters. The van der Waals surface area contributed by atoms with E-state index in [1.807, 2.05) is 18.6 Å². The van der Waals surface area contributed by atoms with Gasteiger partial charge in [0.1, 0.15) is 0 Å². The summed E-state index contributed by atoms with van der Waals surface area (Å²) in [7, 11) is 0. The number of pyridine rings is 2. The Hall–Kier alpha value is -3.26. The normalized spacial score (nSPS) is 12.9. The van der Waals surface area contributed by atoms with Gasteiger partial charge < -0.3 is 0 Å². The van der Waals surface area contributed by atoms with Crippen molar-refractivity contribution in [3.63, 3.8) is 0 Å². The van der Waals surface area contributed by atoms with Crippen LogP contribution in [-0.4, -0.2) is 9.97 Å². The number of hydrogen-bond acceptors (Lipinski definition) is 2. The second kappa shape index (κ2) is 12.6. The van der Waals surface area contributed by atoms with Gasteiger partial charge in [-0.2, -0.15) is 0 Å². The smallest absolute Gasteiger partial charge is 0.0302 e. The second-order valence-electron chi connectivity index (χ2n) is 10.1. The third-order valence-electron chi connectivity index (χ3n) is 7.73. The SMILES string of the molecule is CCc1cnccc1CCC(c1ccccc1C)C(CCc1cccc(C)c1)c1ccncc1CC. The van der Waals surface area contributed by atoms with E-state index in [0.717, 1.165) is 38.5 Å². The van der Waals surface area contributed by atoms with Gasteiger partial charge in [0.05, 0.1) is 0 Å². The van der Waals surface area contributed by atoms with Crippen molar-refractivity contribution < 1.29 is 0 Å². The van der Waals surface area contributed by atoms with E-state index in [1.54, 1.807) is 0 Å². The summed E-state index contributed by atoms with van der Waals surface area (Å²) >= 11 is 0. The van der Waals surface area contributed by atoms with Crippen LogP contribution < -0.4 is 0 Å². The van der Waals surface area contributed by atoms with E-state index in [4.69, 9.17) is 0 Å². The quantitative estimate of drug-likeness (QED) is 0.217. The first kappa shape index (κ1) is 25.8. The highest BCUT2D eigenvalue weighted by molar-refractivity contribution is 5.37. The van der Waals surface area contributed by atoms with Gasteiger partial charge in [-0.15, -0.1) is 0 Å². The number of rotatable bonds is 11. The fourth-order valence-corrected chi connectivity index (χ4v) is 5.76. The topological polar surface area (TPSA) is 25.8 Å². The highest BCUT2D eigenvalue weighted by Gasteiger charge is 2.27. The molecular weight excluding hydrogens is 436 g/mol. The maximum Gasteiger partial charge on any atom is 0.0302 e. The Labute approximate surface area is 217 Å². The van der Waals surface area contributed by atoms with E-state index in [2.05, 4.69) is 105 Å². The standard InChI is InChI=1S/C34H40N2/c1-5-28-23-35-20-18-30(28)15-17-33(31-13-8-7-11-26(31)4)34(32-19-21-36-24-29(32)6-2)16-14-27-12-9-10-25(3)22-27/h7-13,18-24,33-34H,5-6,14-17H2,1-4H3. The molecule has 2 aromatic heterocycles. The van der Waals surface area contributed by atoms with Crippen LogP contribution in [-0.2, 0) is 25.7 Å². The average Bonchev–Trinajstić information content (AvgIpc) is 2.91. The fourth-order valence-electron chi connectivity index (χ4n) is 5.76. The Morgan fingerprint density at radius 1 is 0.639 bits per heavy atom. The van der Waals surface area contributed by atoms with Crippen LogP contribution in [0, 0.1) is 13.8 Å². The summed E-state index contributed by atoms with van der Waals surface area (Å²) in [5.41, 5.74) is 11.3. The Morgan fingerprint density at radius 3 is 2.08 bits per heavy atom. The molecule has 0 aliphatic rings. The van der Waals surface area contributed by atoms with Crippen molar-refractivity contribution in [2.24, 2.45) is 0 Å². The van der Waals surface area contributed by atoms with E-state index in [1.165, 1.54) is 44.5 Å². The van der Waals surface area contributed by atoms with Gasteiger partial charge in [0, 0.05) is 24.8 Å². The van der Waals surface area contributed by atoms with Gasteiger partial charge in [0.2, 0.25) is 0 Å². The molecule has 4 rings (SSSR count). The molecule has 0 fully saturated rings. The molecule has 0 bridgehead atoms. The van der Waals surface area contributed by atoms with Crippen LogP contribution in [0.25, 0.3) is 0 Å². The Bertz CT molecular complexity index is 1260. The lowest BCUT2D eigenvalue weighted by Crippen LogP contribution is -2.17. The van der Waals surface area contributed by atoms with Gasteiger partial charge in [-0.05, 0) is 115 Å². The summed E-state index contributed by atoms with van der Waals surface area (Å²) < 4.78 is 0. The molecule has 2 heterocycles. The van der Waals surface area contributed by atoms with E-state index in [0.29, 0.717) is 11.8 Å². The highest BCUT2D eigenvalue weighted by atomic mass is 14.6. The minimum Gasteiger partial charge on any atom is -0.264 e. The average molecular weight is 477 g/mol. The molecule has 0 N–H and O–H groups in total. The molecular formula is C34H40N2. The molecule has 0 amide bonds. The summed E-state index contributed by atoms with van der Waals surface area (Å²) in [4.78, 5) is 8.87. The van der Waals surface area contributed by atoms with Gasteiger partial charge in [-0.25, -0.2) is 0 Å². The number of nitrogens with zero attached hydrogens (tertiary/aromatic N) is 2. The van der Waals surface area contributed by atoms with Gasteiger partial charge in [-0.1, -0.05) is 67.9 Å². The summed E-state index contributed by atoms with van der Waals surface area (Å²) in [5, 5.41) is 0. The summed E-state index contributed by atoms with van der Waals surface area (Å²) in [6, 6.07) is 22.5. The monoisotopic (exact) mass is 476 g/mol. The predicted octanol–water partition coefficient (Wildman–Crippen LogP) is 8.35. The van der Waals surface area contributed by atoms with Crippen molar-refractivity contribution in [3.05, 3.63) is 130 Å². The zero-order valence-corrected chi connectivity index (χ0v) is 22.4. The molecule has 2 heteroatoms. The summed E-state index contributed by atoms with van der Waals surface area (Å²) in [5.74, 6) is 0.859. The van der Waals surface area contributed by atoms with Crippen LogP contribution in [0.5, 0.6) is 0 Å². The minimum atomic E-state index is 0.427.